The first kappa shape index (κ1) is 19.0. The quantitative estimate of drug-likeness (QED) is 0.661. The summed E-state index contributed by atoms with van der Waals surface area (Å²) in [6.45, 7) is 3.28. The van der Waals surface area contributed by atoms with Gasteiger partial charge in [0.15, 0.2) is 11.5 Å². The Morgan fingerprint density at radius 1 is 1.38 bits per heavy atom. The number of nitrogens with one attached hydrogen (secondary N) is 2. The van der Waals surface area contributed by atoms with E-state index in [0.717, 1.165) is 29.8 Å². The summed E-state index contributed by atoms with van der Waals surface area (Å²) in [6, 6.07) is 5.51. The number of H-pyrrole nitrogens is 1. The Bertz CT molecular complexity index is 1030. The van der Waals surface area contributed by atoms with Gasteiger partial charge in [-0.25, -0.2) is 0 Å². The third-order valence-electron chi connectivity index (χ3n) is 5.14. The number of amides is 2. The van der Waals surface area contributed by atoms with Crippen molar-refractivity contribution in [3.8, 4) is 0 Å². The molecule has 1 aliphatic rings. The van der Waals surface area contributed by atoms with Crippen molar-refractivity contribution < 1.29 is 14.1 Å². The number of rotatable bonds is 6. The lowest BCUT2D eigenvalue weighted by Crippen LogP contribution is -2.37. The van der Waals surface area contributed by atoms with Gasteiger partial charge in [0.1, 0.15) is 5.69 Å². The first-order valence-electron chi connectivity index (χ1n) is 9.76. The van der Waals surface area contributed by atoms with Gasteiger partial charge in [-0.05, 0) is 25.0 Å². The van der Waals surface area contributed by atoms with Crippen molar-refractivity contribution in [1.82, 2.24) is 30.1 Å². The molecule has 0 atom stereocenters. The summed E-state index contributed by atoms with van der Waals surface area (Å²) in [5.74, 6) is 0.320. The van der Waals surface area contributed by atoms with Gasteiger partial charge in [0, 0.05) is 31.4 Å². The highest BCUT2D eigenvalue weighted by Gasteiger charge is 2.28. The Labute approximate surface area is 168 Å². The number of hydrogen-bond acceptors (Lipinski definition) is 5. The third kappa shape index (κ3) is 3.80. The SMILES string of the molecule is CCCc1cc(CNC(=O)c2n[nH]c3c2CCN(C(=O)c2cccn2C)C3)on1. The fourth-order valence-electron chi connectivity index (χ4n) is 3.59. The van der Waals surface area contributed by atoms with Gasteiger partial charge in [0.05, 0.1) is 24.5 Å². The van der Waals surface area contributed by atoms with Crippen LogP contribution in [0.1, 0.15) is 57.0 Å². The zero-order valence-corrected chi connectivity index (χ0v) is 16.6. The molecule has 152 valence electrons. The Kier molecular flexibility index (Phi) is 5.20. The van der Waals surface area contributed by atoms with Crippen LogP contribution in [0.5, 0.6) is 0 Å². The van der Waals surface area contributed by atoms with Crippen LogP contribution in [-0.4, -0.2) is 43.2 Å². The average Bonchev–Trinajstić information content (AvgIpc) is 3.45. The molecule has 9 heteroatoms. The van der Waals surface area contributed by atoms with E-state index >= 15 is 0 Å². The Morgan fingerprint density at radius 2 is 2.24 bits per heavy atom. The van der Waals surface area contributed by atoms with Crippen LogP contribution < -0.4 is 5.32 Å². The second-order valence-corrected chi connectivity index (χ2v) is 7.23. The highest BCUT2D eigenvalue weighted by molar-refractivity contribution is 5.95. The Morgan fingerprint density at radius 3 is 3.00 bits per heavy atom. The smallest absolute Gasteiger partial charge is 0.272 e. The molecule has 9 nitrogen and oxygen atoms in total. The number of nitrogens with zero attached hydrogens (tertiary/aromatic N) is 4. The van der Waals surface area contributed by atoms with Crippen LogP contribution >= 0.6 is 0 Å². The van der Waals surface area contributed by atoms with Crippen LogP contribution in [-0.2, 0) is 33.0 Å². The van der Waals surface area contributed by atoms with Crippen molar-refractivity contribution >= 4 is 11.8 Å². The Balaban J connectivity index is 1.40. The lowest BCUT2D eigenvalue weighted by molar-refractivity contribution is 0.0723. The lowest BCUT2D eigenvalue weighted by Gasteiger charge is -2.27. The van der Waals surface area contributed by atoms with Gasteiger partial charge in [0.2, 0.25) is 0 Å². The van der Waals surface area contributed by atoms with Crippen molar-refractivity contribution in [2.75, 3.05) is 6.54 Å². The molecule has 0 unspecified atom stereocenters. The summed E-state index contributed by atoms with van der Waals surface area (Å²) in [5, 5.41) is 13.9. The van der Waals surface area contributed by atoms with Gasteiger partial charge in [-0.2, -0.15) is 5.10 Å². The van der Waals surface area contributed by atoms with E-state index in [0.29, 0.717) is 36.7 Å². The van der Waals surface area contributed by atoms with Crippen molar-refractivity contribution in [2.45, 2.75) is 39.3 Å². The molecule has 0 aliphatic carbocycles. The number of fused-ring (bicyclic) bond motifs is 1. The molecule has 0 fully saturated rings. The summed E-state index contributed by atoms with van der Waals surface area (Å²) in [5.41, 5.74) is 3.56. The monoisotopic (exact) mass is 396 g/mol. The second kappa shape index (κ2) is 7.94. The van der Waals surface area contributed by atoms with Crippen LogP contribution in [0.2, 0.25) is 0 Å². The van der Waals surface area contributed by atoms with Crippen molar-refractivity contribution in [3.05, 3.63) is 58.5 Å². The van der Waals surface area contributed by atoms with Crippen LogP contribution in [0.15, 0.2) is 28.9 Å². The average molecular weight is 396 g/mol. The largest absolute Gasteiger partial charge is 0.359 e. The molecule has 3 aromatic heterocycles. The molecule has 0 saturated carbocycles. The molecule has 2 amide bonds. The molecule has 4 rings (SSSR count). The standard InChI is InChI=1S/C20H24N6O3/c1-3-5-13-10-14(29-24-13)11-21-19(27)18-15-7-9-26(12-16(15)22-23-18)20(28)17-6-4-8-25(17)2/h4,6,8,10H,3,5,7,9,11-12H2,1-2H3,(H,21,27)(H,22,23). The van der Waals surface area contributed by atoms with Gasteiger partial charge in [-0.15, -0.1) is 0 Å². The van der Waals surface area contributed by atoms with E-state index in [1.165, 1.54) is 0 Å². The highest BCUT2D eigenvalue weighted by atomic mass is 16.5. The van der Waals surface area contributed by atoms with Crippen molar-refractivity contribution in [1.29, 1.82) is 0 Å². The van der Waals surface area contributed by atoms with Gasteiger partial charge in [-0.1, -0.05) is 18.5 Å². The molecule has 0 radical (unpaired) electrons. The fraction of sp³-hybridized carbons (Fsp3) is 0.400. The van der Waals surface area contributed by atoms with E-state index in [1.54, 1.807) is 15.5 Å². The number of aryl methyl sites for hydroxylation is 2. The summed E-state index contributed by atoms with van der Waals surface area (Å²) < 4.78 is 7.05. The van der Waals surface area contributed by atoms with Gasteiger partial charge in [-0.3, -0.25) is 14.7 Å². The predicted molar refractivity (Wildman–Crippen MR) is 104 cm³/mol. The van der Waals surface area contributed by atoms with Gasteiger partial charge < -0.3 is 19.3 Å². The first-order chi connectivity index (χ1) is 14.1. The maximum atomic E-state index is 12.7. The zero-order chi connectivity index (χ0) is 20.4. The van der Waals surface area contributed by atoms with Crippen LogP contribution in [0.3, 0.4) is 0 Å². The number of aromatic nitrogens is 4. The molecule has 0 spiro atoms. The molecule has 2 N–H and O–H groups in total. The molecule has 3 aromatic rings. The summed E-state index contributed by atoms with van der Waals surface area (Å²) in [4.78, 5) is 27.1. The van der Waals surface area contributed by atoms with Crippen LogP contribution in [0, 0.1) is 0 Å². The predicted octanol–water partition coefficient (Wildman–Crippen LogP) is 1.82. The van der Waals surface area contributed by atoms with Gasteiger partial charge >= 0.3 is 0 Å². The zero-order valence-electron chi connectivity index (χ0n) is 16.6. The molecular weight excluding hydrogens is 372 g/mol. The maximum absolute atomic E-state index is 12.7. The molecule has 0 saturated heterocycles. The topological polar surface area (TPSA) is 109 Å². The van der Waals surface area contributed by atoms with E-state index < -0.39 is 0 Å². The lowest BCUT2D eigenvalue weighted by atomic mass is 10.0. The summed E-state index contributed by atoms with van der Waals surface area (Å²) in [7, 11) is 1.85. The number of aromatic amines is 1. The minimum atomic E-state index is -0.266. The van der Waals surface area contributed by atoms with Crippen molar-refractivity contribution in [3.63, 3.8) is 0 Å². The van der Waals surface area contributed by atoms with Crippen LogP contribution in [0.4, 0.5) is 0 Å². The molecule has 4 heterocycles. The number of hydrogen-bond donors (Lipinski definition) is 2. The molecule has 29 heavy (non-hydrogen) atoms. The third-order valence-corrected chi connectivity index (χ3v) is 5.14. The minimum Gasteiger partial charge on any atom is -0.359 e. The summed E-state index contributed by atoms with van der Waals surface area (Å²) >= 11 is 0. The number of carbonyl (C=O) groups is 2. The highest BCUT2D eigenvalue weighted by Crippen LogP contribution is 2.22. The van der Waals surface area contributed by atoms with E-state index in [4.69, 9.17) is 4.52 Å². The van der Waals surface area contributed by atoms with E-state index in [1.807, 2.05) is 25.4 Å². The van der Waals surface area contributed by atoms with E-state index in [2.05, 4.69) is 27.6 Å². The molecule has 0 bridgehead atoms. The molecule has 0 aromatic carbocycles. The van der Waals surface area contributed by atoms with E-state index in [9.17, 15) is 9.59 Å². The minimum absolute atomic E-state index is 0.0306. The number of carbonyl (C=O) groups excluding carboxylic acids is 2. The Hall–Kier alpha value is -3.36. The maximum Gasteiger partial charge on any atom is 0.272 e. The fourth-order valence-corrected chi connectivity index (χ4v) is 3.59. The molecule has 1 aliphatic heterocycles. The molecular formula is C20H24N6O3. The van der Waals surface area contributed by atoms with Crippen LogP contribution in [0.25, 0.3) is 0 Å². The van der Waals surface area contributed by atoms with E-state index in [-0.39, 0.29) is 18.4 Å². The van der Waals surface area contributed by atoms with Gasteiger partial charge in [0.25, 0.3) is 11.8 Å². The van der Waals surface area contributed by atoms with Crippen molar-refractivity contribution in [2.24, 2.45) is 7.05 Å². The second-order valence-electron chi connectivity index (χ2n) is 7.23. The first-order valence-corrected chi connectivity index (χ1v) is 9.76. The normalized spacial score (nSPS) is 13.4. The summed E-state index contributed by atoms with van der Waals surface area (Å²) in [6.07, 6.45) is 4.26.